The number of carbonyl (C=O) groups is 3. The number of benzene rings is 1. The van der Waals surface area contributed by atoms with E-state index < -0.39 is 29.8 Å². The molecule has 2 amide bonds. The van der Waals surface area contributed by atoms with Crippen LogP contribution < -0.4 is 0 Å². The van der Waals surface area contributed by atoms with Gasteiger partial charge in [0.05, 0.1) is 24.5 Å². The number of carboxylic acids is 1. The van der Waals surface area contributed by atoms with Gasteiger partial charge in [-0.2, -0.15) is 0 Å². The molecule has 2 aliphatic rings. The van der Waals surface area contributed by atoms with Crippen molar-refractivity contribution in [1.29, 1.82) is 0 Å². The summed E-state index contributed by atoms with van der Waals surface area (Å²) in [5.74, 6) is -3.03. The van der Waals surface area contributed by atoms with Crippen molar-refractivity contribution in [3.8, 4) is 5.75 Å². The summed E-state index contributed by atoms with van der Waals surface area (Å²) in [6.45, 7) is 3.82. The first-order chi connectivity index (χ1) is 17.7. The average molecular weight is 514 g/mol. The second-order valence-electron chi connectivity index (χ2n) is 10.2. The molecular weight excluding hydrogens is 474 g/mol. The first kappa shape index (κ1) is 28.6. The Balaban J connectivity index is 1.71. The van der Waals surface area contributed by atoms with E-state index in [0.29, 0.717) is 56.1 Å². The lowest BCUT2D eigenvalue weighted by Crippen LogP contribution is -2.39. The Morgan fingerprint density at radius 2 is 1.86 bits per heavy atom. The maximum absolute atomic E-state index is 13.3. The van der Waals surface area contributed by atoms with Crippen LogP contribution in [0, 0.1) is 17.8 Å². The molecule has 4 atom stereocenters. The highest BCUT2D eigenvalue weighted by Crippen LogP contribution is 2.47. The number of aliphatic carboxylic acids is 1. The van der Waals surface area contributed by atoms with Crippen molar-refractivity contribution < 1.29 is 34.8 Å². The molecule has 1 saturated heterocycles. The van der Waals surface area contributed by atoms with E-state index in [-0.39, 0.29) is 37.1 Å². The molecule has 1 fully saturated rings. The highest BCUT2D eigenvalue weighted by Gasteiger charge is 2.54. The van der Waals surface area contributed by atoms with Crippen molar-refractivity contribution in [1.82, 2.24) is 4.90 Å². The molecule has 8 heteroatoms. The lowest BCUT2D eigenvalue weighted by Gasteiger charge is -2.36. The molecule has 0 aromatic heterocycles. The van der Waals surface area contributed by atoms with Gasteiger partial charge in [-0.15, -0.1) is 0 Å². The van der Waals surface area contributed by atoms with Gasteiger partial charge in [0.15, 0.2) is 0 Å². The summed E-state index contributed by atoms with van der Waals surface area (Å²) < 4.78 is 0. The fourth-order valence-corrected chi connectivity index (χ4v) is 5.77. The van der Waals surface area contributed by atoms with Gasteiger partial charge in [0.2, 0.25) is 11.8 Å². The van der Waals surface area contributed by atoms with Crippen LogP contribution in [0.5, 0.6) is 5.75 Å². The maximum atomic E-state index is 13.3. The summed E-state index contributed by atoms with van der Waals surface area (Å²) in [6, 6.07) is 7.04. The van der Waals surface area contributed by atoms with Crippen LogP contribution >= 0.6 is 0 Å². The highest BCUT2D eigenvalue weighted by atomic mass is 16.4. The maximum Gasteiger partial charge on any atom is 0.303 e. The minimum absolute atomic E-state index is 0.0614. The third-order valence-corrected chi connectivity index (χ3v) is 7.68. The number of phenolic OH excluding ortho intramolecular Hbond substituents is 1. The number of amides is 2. The van der Waals surface area contributed by atoms with E-state index in [4.69, 9.17) is 5.11 Å². The van der Waals surface area contributed by atoms with E-state index >= 15 is 0 Å². The lowest BCUT2D eigenvalue weighted by molar-refractivity contribution is -0.141. The number of aliphatic hydroxyl groups is 2. The Hall–Kier alpha value is -2.97. The van der Waals surface area contributed by atoms with Gasteiger partial charge in [0.1, 0.15) is 5.75 Å². The van der Waals surface area contributed by atoms with Crippen LogP contribution in [0.15, 0.2) is 41.0 Å². The Labute approximate surface area is 218 Å². The molecule has 1 aromatic carbocycles. The predicted molar refractivity (Wildman–Crippen MR) is 139 cm³/mol. The van der Waals surface area contributed by atoms with Crippen LogP contribution in [-0.4, -0.2) is 62.4 Å². The zero-order chi connectivity index (χ0) is 27.1. The second-order valence-corrected chi connectivity index (χ2v) is 10.2. The summed E-state index contributed by atoms with van der Waals surface area (Å²) in [6.07, 6.45) is 4.72. The van der Waals surface area contributed by atoms with E-state index in [0.717, 1.165) is 11.1 Å². The molecule has 0 spiro atoms. The van der Waals surface area contributed by atoms with Gasteiger partial charge < -0.3 is 20.4 Å². The molecule has 1 aliphatic carbocycles. The highest BCUT2D eigenvalue weighted by molar-refractivity contribution is 6.05. The lowest BCUT2D eigenvalue weighted by atomic mass is 9.67. The third-order valence-electron chi connectivity index (χ3n) is 7.68. The number of hydrogen-bond acceptors (Lipinski definition) is 6. The zero-order valence-corrected chi connectivity index (χ0v) is 21.7. The van der Waals surface area contributed by atoms with Crippen molar-refractivity contribution >= 4 is 23.9 Å². The van der Waals surface area contributed by atoms with E-state index in [2.05, 4.69) is 0 Å². The van der Waals surface area contributed by atoms with Gasteiger partial charge in [-0.05, 0) is 57.1 Å². The number of rotatable bonds is 13. The monoisotopic (exact) mass is 513 g/mol. The number of para-hydroxylation sites is 1. The number of carboxylic acid groups (broad SMARTS) is 1. The van der Waals surface area contributed by atoms with Gasteiger partial charge in [0, 0.05) is 24.4 Å². The van der Waals surface area contributed by atoms with Gasteiger partial charge in [0.25, 0.3) is 0 Å². The third kappa shape index (κ3) is 6.67. The molecule has 4 N–H and O–H groups in total. The molecule has 1 aromatic rings. The number of aromatic hydroxyl groups is 1. The minimum atomic E-state index is -0.863. The minimum Gasteiger partial charge on any atom is -0.507 e. The van der Waals surface area contributed by atoms with E-state index in [1.54, 1.807) is 12.1 Å². The number of unbranched alkanes of at least 4 members (excludes halogenated alkanes) is 2. The molecule has 1 heterocycles. The Morgan fingerprint density at radius 3 is 2.51 bits per heavy atom. The van der Waals surface area contributed by atoms with Gasteiger partial charge in [-0.1, -0.05) is 48.8 Å². The van der Waals surface area contributed by atoms with Gasteiger partial charge in [-0.3, -0.25) is 19.3 Å². The van der Waals surface area contributed by atoms with Crippen LogP contribution in [-0.2, 0) is 14.4 Å². The molecule has 0 saturated carbocycles. The summed E-state index contributed by atoms with van der Waals surface area (Å²) in [7, 11) is 0. The van der Waals surface area contributed by atoms with Crippen LogP contribution in [0.25, 0.3) is 6.08 Å². The summed E-state index contributed by atoms with van der Waals surface area (Å²) >= 11 is 0. The first-order valence-electron chi connectivity index (χ1n) is 13.2. The SMILES string of the molecule is CCC1=C([C@H](O)CC/C(C)=C/c2ccccc2O)[C@H](CO)[C@@H]2C(=O)N(CCCCCC(=O)O)C(=O)[C@@H]2C1. The molecule has 0 bridgehead atoms. The molecule has 3 rings (SSSR count). The number of nitrogens with zero attached hydrogens (tertiary/aromatic N) is 1. The Kier molecular flexibility index (Phi) is 10.1. The van der Waals surface area contributed by atoms with Gasteiger partial charge >= 0.3 is 5.97 Å². The molecule has 0 unspecified atom stereocenters. The topological polar surface area (TPSA) is 135 Å². The number of likely N-dealkylation sites (tertiary alicyclic amines) is 1. The summed E-state index contributed by atoms with van der Waals surface area (Å²) in [5, 5.41) is 40.4. The van der Waals surface area contributed by atoms with Crippen molar-refractivity contribution in [3.63, 3.8) is 0 Å². The molecular formula is C29H39NO7. The normalized spacial score (nSPS) is 23.0. The fraction of sp³-hybridized carbons (Fsp3) is 0.552. The molecule has 8 nitrogen and oxygen atoms in total. The fourth-order valence-electron chi connectivity index (χ4n) is 5.77. The quantitative estimate of drug-likeness (QED) is 0.178. The van der Waals surface area contributed by atoms with Gasteiger partial charge in [-0.25, -0.2) is 0 Å². The predicted octanol–water partition coefficient (Wildman–Crippen LogP) is 3.90. The number of imide groups is 1. The van der Waals surface area contributed by atoms with E-state index in [1.807, 2.05) is 32.1 Å². The summed E-state index contributed by atoms with van der Waals surface area (Å²) in [5.41, 5.74) is 3.30. The number of hydrogen-bond donors (Lipinski definition) is 4. The number of aliphatic hydroxyl groups excluding tert-OH is 2. The summed E-state index contributed by atoms with van der Waals surface area (Å²) in [4.78, 5) is 38.5. The number of fused-ring (bicyclic) bond motifs is 1. The smallest absolute Gasteiger partial charge is 0.303 e. The number of carbonyl (C=O) groups excluding carboxylic acids is 2. The molecule has 37 heavy (non-hydrogen) atoms. The van der Waals surface area contributed by atoms with Crippen LogP contribution in [0.4, 0.5) is 0 Å². The molecule has 202 valence electrons. The Bertz CT molecular complexity index is 1060. The Morgan fingerprint density at radius 1 is 1.14 bits per heavy atom. The zero-order valence-electron chi connectivity index (χ0n) is 21.7. The standard InChI is InChI=1S/C29H39NO7/c1-3-19-16-21-27(29(37)30(28(21)36)14-8-4-5-11-25(34)35)22(17-31)26(19)24(33)13-12-18(2)15-20-9-6-7-10-23(20)32/h6-7,9-10,15,21-22,24,27,31-33H,3-5,8,11-14,16-17H2,1-2H3,(H,34,35)/b18-15+/t21-,22+,24-,27-/m1/s1. The van der Waals surface area contributed by atoms with Crippen molar-refractivity contribution in [3.05, 3.63) is 46.5 Å². The largest absolute Gasteiger partial charge is 0.507 e. The number of allylic oxidation sites excluding steroid dienone is 2. The van der Waals surface area contributed by atoms with E-state index in [1.165, 1.54) is 4.90 Å². The van der Waals surface area contributed by atoms with Crippen molar-refractivity contribution in [2.45, 2.75) is 71.3 Å². The van der Waals surface area contributed by atoms with E-state index in [9.17, 15) is 29.7 Å². The molecule has 0 radical (unpaired) electrons. The van der Waals surface area contributed by atoms with Crippen LogP contribution in [0.2, 0.25) is 0 Å². The average Bonchev–Trinajstić information content (AvgIpc) is 3.11. The first-order valence-corrected chi connectivity index (χ1v) is 13.2. The second kappa shape index (κ2) is 13.0. The van der Waals surface area contributed by atoms with Crippen LogP contribution in [0.3, 0.4) is 0 Å². The number of phenols is 1. The van der Waals surface area contributed by atoms with Crippen LogP contribution in [0.1, 0.15) is 70.8 Å². The molecule has 1 aliphatic heterocycles. The van der Waals surface area contributed by atoms with Crippen molar-refractivity contribution in [2.75, 3.05) is 13.2 Å². The van der Waals surface area contributed by atoms with Crippen molar-refractivity contribution in [2.24, 2.45) is 17.8 Å².